The van der Waals surface area contributed by atoms with Crippen LogP contribution in [0.15, 0.2) is 42.7 Å². The smallest absolute Gasteiger partial charge is 0.305 e. The largest absolute Gasteiger partial charge is 0.469 e. The minimum atomic E-state index is -0.318. The number of pyridine rings is 1. The van der Waals surface area contributed by atoms with Gasteiger partial charge in [-0.25, -0.2) is 15.0 Å². The van der Waals surface area contributed by atoms with E-state index < -0.39 is 0 Å². The molecule has 0 unspecified atom stereocenters. The zero-order valence-corrected chi connectivity index (χ0v) is 29.0. The number of halogens is 2. The maximum absolute atomic E-state index is 11.7. The van der Waals surface area contributed by atoms with E-state index in [0.29, 0.717) is 52.1 Å². The van der Waals surface area contributed by atoms with Crippen LogP contribution < -0.4 is 15.0 Å². The van der Waals surface area contributed by atoms with Crippen molar-refractivity contribution in [1.82, 2.24) is 25.2 Å². The van der Waals surface area contributed by atoms with E-state index in [0.717, 1.165) is 76.2 Å². The molecule has 0 amide bonds. The van der Waals surface area contributed by atoms with E-state index in [-0.39, 0.29) is 11.6 Å². The Bertz CT molecular complexity index is 1430. The molecule has 0 aliphatic carbocycles. The van der Waals surface area contributed by atoms with Crippen molar-refractivity contribution >= 4 is 41.6 Å². The summed E-state index contributed by atoms with van der Waals surface area (Å²) in [5, 5.41) is 4.47. The van der Waals surface area contributed by atoms with Crippen LogP contribution in [0, 0.1) is 5.92 Å². The van der Waals surface area contributed by atoms with Crippen molar-refractivity contribution in [1.29, 1.82) is 0 Å². The third-order valence-corrected chi connectivity index (χ3v) is 8.11. The number of methoxy groups -OCH3 is 1. The van der Waals surface area contributed by atoms with Gasteiger partial charge >= 0.3 is 5.97 Å². The lowest BCUT2D eigenvalue weighted by Crippen LogP contribution is -2.34. The van der Waals surface area contributed by atoms with Crippen LogP contribution in [-0.4, -0.2) is 84.3 Å². The molecule has 4 heterocycles. The van der Waals surface area contributed by atoms with E-state index in [1.807, 2.05) is 45.0 Å². The second-order valence-electron chi connectivity index (χ2n) is 12.6. The van der Waals surface area contributed by atoms with E-state index in [9.17, 15) is 9.59 Å². The Hall–Kier alpha value is -3.51. The number of anilines is 1. The highest BCUT2D eigenvalue weighted by molar-refractivity contribution is 6.35. The van der Waals surface area contributed by atoms with Gasteiger partial charge in [0.1, 0.15) is 5.60 Å². The van der Waals surface area contributed by atoms with Crippen LogP contribution in [0.2, 0.25) is 10.0 Å². The molecule has 11 nitrogen and oxygen atoms in total. The van der Waals surface area contributed by atoms with Crippen molar-refractivity contribution < 1.29 is 23.8 Å². The first-order valence-corrected chi connectivity index (χ1v) is 16.6. The van der Waals surface area contributed by atoms with Gasteiger partial charge in [-0.3, -0.25) is 14.5 Å². The quantitative estimate of drug-likeness (QED) is 0.206. The fourth-order valence-electron chi connectivity index (χ4n) is 5.31. The predicted molar refractivity (Wildman–Crippen MR) is 183 cm³/mol. The minimum absolute atomic E-state index is 0.139. The van der Waals surface area contributed by atoms with Gasteiger partial charge in [-0.15, -0.1) is 0 Å². The molecule has 254 valence electrons. The third kappa shape index (κ3) is 12.2. The van der Waals surface area contributed by atoms with E-state index in [4.69, 9.17) is 37.7 Å². The van der Waals surface area contributed by atoms with Gasteiger partial charge in [0.25, 0.3) is 6.47 Å². The second-order valence-corrected chi connectivity index (χ2v) is 13.5. The number of esters is 1. The number of piperidine rings is 1. The molecule has 0 bridgehead atoms. The fourth-order valence-corrected chi connectivity index (χ4v) is 5.84. The predicted octanol–water partition coefficient (Wildman–Crippen LogP) is 6.17. The second kappa shape index (κ2) is 17.6. The number of likely N-dealkylation sites (tertiary alicyclic amines) is 1. The zero-order valence-electron chi connectivity index (χ0n) is 27.5. The Morgan fingerprint density at radius 1 is 1.00 bits per heavy atom. The molecule has 0 atom stereocenters. The van der Waals surface area contributed by atoms with Gasteiger partial charge in [0.15, 0.2) is 5.75 Å². The van der Waals surface area contributed by atoms with Gasteiger partial charge in [-0.2, -0.15) is 0 Å². The summed E-state index contributed by atoms with van der Waals surface area (Å²) in [5.74, 6) is 1.87. The van der Waals surface area contributed by atoms with Crippen LogP contribution in [0.5, 0.6) is 11.6 Å². The molecular formula is C34H44Cl2N6O5. The van der Waals surface area contributed by atoms with E-state index >= 15 is 0 Å². The maximum Gasteiger partial charge on any atom is 0.305 e. The first-order chi connectivity index (χ1) is 22.5. The Balaban J connectivity index is 0.000000644. The Morgan fingerprint density at radius 3 is 2.32 bits per heavy atom. The summed E-state index contributed by atoms with van der Waals surface area (Å²) < 4.78 is 15.6. The van der Waals surface area contributed by atoms with Crippen LogP contribution in [0.25, 0.3) is 11.3 Å². The summed E-state index contributed by atoms with van der Waals surface area (Å²) in [7, 11) is 1.44. The molecule has 2 aromatic heterocycles. The molecule has 0 radical (unpaired) electrons. The number of carbonyl (C=O) groups is 2. The van der Waals surface area contributed by atoms with Crippen molar-refractivity contribution in [3.8, 4) is 22.9 Å². The number of hydrogen-bond acceptors (Lipinski definition) is 11. The number of hydrogen-bond donors (Lipinski definition) is 1. The van der Waals surface area contributed by atoms with Gasteiger partial charge < -0.3 is 24.4 Å². The first-order valence-electron chi connectivity index (χ1n) is 15.8. The topological polar surface area (TPSA) is 119 Å². The number of carbonyl (C=O) groups excluding carboxylic acids is 2. The number of nitrogens with one attached hydrogen (secondary N) is 1. The SMILES string of the molecule is CC(C)(C)OC=O.COC(=O)CC1CCN(Cc2cc(Oc3cnc(N4CCCNCC4)nc3)nc(-c3cc(Cl)cc(Cl)c3)c2)CC1. The molecule has 5 rings (SSSR count). The maximum atomic E-state index is 11.7. The summed E-state index contributed by atoms with van der Waals surface area (Å²) >= 11 is 12.6. The monoisotopic (exact) mass is 686 g/mol. The lowest BCUT2D eigenvalue weighted by atomic mass is 9.93. The summed E-state index contributed by atoms with van der Waals surface area (Å²) in [6, 6.07) is 9.38. The zero-order chi connectivity index (χ0) is 33.8. The van der Waals surface area contributed by atoms with Gasteiger partial charge in [-0.05, 0) is 95.4 Å². The van der Waals surface area contributed by atoms with Crippen molar-refractivity contribution in [2.24, 2.45) is 5.92 Å². The number of aromatic nitrogens is 3. The normalized spacial score (nSPS) is 16.0. The number of ether oxygens (including phenoxy) is 3. The van der Waals surface area contributed by atoms with Crippen molar-refractivity contribution in [2.45, 2.75) is 58.6 Å². The van der Waals surface area contributed by atoms with E-state index in [1.165, 1.54) is 7.11 Å². The van der Waals surface area contributed by atoms with Crippen LogP contribution in [0.1, 0.15) is 52.0 Å². The lowest BCUT2D eigenvalue weighted by molar-refractivity contribution is -0.142. The average molecular weight is 688 g/mol. The lowest BCUT2D eigenvalue weighted by Gasteiger charge is -2.31. The first kappa shape index (κ1) is 36.3. The van der Waals surface area contributed by atoms with Gasteiger partial charge in [0, 0.05) is 54.3 Å². The molecule has 0 spiro atoms. The number of rotatable bonds is 9. The average Bonchev–Trinajstić information content (AvgIpc) is 3.31. The highest BCUT2D eigenvalue weighted by Gasteiger charge is 2.22. The third-order valence-electron chi connectivity index (χ3n) is 7.68. The van der Waals surface area contributed by atoms with Gasteiger partial charge in [0.2, 0.25) is 11.8 Å². The Kier molecular flexibility index (Phi) is 13.6. The van der Waals surface area contributed by atoms with E-state index in [1.54, 1.807) is 18.5 Å². The van der Waals surface area contributed by atoms with Gasteiger partial charge in [0.05, 0.1) is 25.2 Å². The molecular weight excluding hydrogens is 643 g/mol. The molecule has 0 saturated carbocycles. The van der Waals surface area contributed by atoms with Crippen molar-refractivity contribution in [3.05, 3.63) is 58.3 Å². The Morgan fingerprint density at radius 2 is 1.70 bits per heavy atom. The summed E-state index contributed by atoms with van der Waals surface area (Å²) in [5.41, 5.74) is 2.26. The molecule has 47 heavy (non-hydrogen) atoms. The van der Waals surface area contributed by atoms with Crippen LogP contribution in [0.4, 0.5) is 5.95 Å². The van der Waals surface area contributed by atoms with Crippen molar-refractivity contribution in [2.75, 3.05) is 51.3 Å². The van der Waals surface area contributed by atoms with Crippen LogP contribution in [-0.2, 0) is 25.6 Å². The van der Waals surface area contributed by atoms with Crippen molar-refractivity contribution in [3.63, 3.8) is 0 Å². The van der Waals surface area contributed by atoms with Crippen LogP contribution >= 0.6 is 23.2 Å². The summed E-state index contributed by atoms with van der Waals surface area (Å²) in [4.78, 5) is 39.7. The molecule has 1 N–H and O–H groups in total. The highest BCUT2D eigenvalue weighted by Crippen LogP contribution is 2.31. The summed E-state index contributed by atoms with van der Waals surface area (Å²) in [6.07, 6.45) is 6.83. The fraction of sp³-hybridized carbons (Fsp3) is 0.500. The molecule has 2 saturated heterocycles. The molecule has 2 aliphatic heterocycles. The number of benzene rings is 1. The standard InChI is InChI=1S/C29H34Cl2N6O3.C5H10O2/c1-39-28(38)13-20-3-8-36(9-4-20)19-21-11-26(22-14-23(30)16-24(31)15-22)35-27(12-21)40-25-17-33-29(34-18-25)37-7-2-5-32-6-10-37;1-5(2,3)7-4-6/h11-12,14-18,20,32H,2-10,13,19H2,1H3;4H,1-3H3. The van der Waals surface area contributed by atoms with Gasteiger partial charge in [-0.1, -0.05) is 23.2 Å². The summed E-state index contributed by atoms with van der Waals surface area (Å²) in [6.45, 7) is 12.2. The Labute approximate surface area is 286 Å². The van der Waals surface area contributed by atoms with E-state index in [2.05, 4.69) is 29.8 Å². The molecule has 3 aromatic rings. The molecule has 2 aliphatic rings. The number of nitrogens with zero attached hydrogens (tertiary/aromatic N) is 5. The molecule has 13 heteroatoms. The molecule has 2 fully saturated rings. The molecule has 1 aromatic carbocycles. The minimum Gasteiger partial charge on any atom is -0.469 e. The highest BCUT2D eigenvalue weighted by atomic mass is 35.5. The van der Waals surface area contributed by atoms with Crippen LogP contribution in [0.3, 0.4) is 0 Å².